The van der Waals surface area contributed by atoms with Crippen molar-refractivity contribution in [3.05, 3.63) is 53.0 Å². The molecular weight excluding hydrogens is 342 g/mol. The number of anilines is 2. The zero-order chi connectivity index (χ0) is 19.1. The number of nitrogens with one attached hydrogen (secondary N) is 1. The lowest BCUT2D eigenvalue weighted by atomic mass is 10.1. The second kappa shape index (κ2) is 6.50. The second-order valence-corrected chi connectivity index (χ2v) is 6.86. The van der Waals surface area contributed by atoms with Gasteiger partial charge in [-0.15, -0.1) is 0 Å². The monoisotopic (exact) mass is 363 g/mol. The summed E-state index contributed by atoms with van der Waals surface area (Å²) < 4.78 is 1.83. The van der Waals surface area contributed by atoms with Crippen LogP contribution in [0.4, 0.5) is 11.4 Å². The summed E-state index contributed by atoms with van der Waals surface area (Å²) in [6.07, 6.45) is 0.857. The molecule has 1 N–H and O–H groups in total. The van der Waals surface area contributed by atoms with E-state index in [2.05, 4.69) is 15.4 Å². The lowest BCUT2D eigenvalue weighted by Crippen LogP contribution is -2.42. The summed E-state index contributed by atoms with van der Waals surface area (Å²) in [6.45, 7) is 5.94. The van der Waals surface area contributed by atoms with Crippen LogP contribution in [0.3, 0.4) is 0 Å². The minimum Gasteiger partial charge on any atom is -0.323 e. The molecule has 27 heavy (non-hydrogen) atoms. The first-order chi connectivity index (χ1) is 12.9. The Bertz CT molecular complexity index is 1070. The number of aromatic nitrogens is 3. The number of nitrogens with zero attached hydrogens (tertiary/aromatic N) is 4. The largest absolute Gasteiger partial charge is 0.323 e. The third-order valence-electron chi connectivity index (χ3n) is 4.95. The maximum atomic E-state index is 12.9. The summed E-state index contributed by atoms with van der Waals surface area (Å²) in [7, 11) is 0. The van der Waals surface area contributed by atoms with E-state index >= 15 is 0 Å². The van der Waals surface area contributed by atoms with Gasteiger partial charge in [-0.3, -0.25) is 9.59 Å². The van der Waals surface area contributed by atoms with Crippen LogP contribution in [-0.4, -0.2) is 33.0 Å². The summed E-state index contributed by atoms with van der Waals surface area (Å²) in [6, 6.07) is 9.30. The standard InChI is InChI=1S/C20H21N5O2/c1-12-10-18-21-13(2)15(14(3)25(18)23-12)8-9-20(27)24-11-19(26)22-16-6-4-5-7-17(16)24/h4-7,10H,8-9,11H2,1-3H3,(H,22,26). The minimum absolute atomic E-state index is 0.0451. The van der Waals surface area contributed by atoms with Gasteiger partial charge in [0.15, 0.2) is 5.65 Å². The molecule has 7 heteroatoms. The van der Waals surface area contributed by atoms with Crippen molar-refractivity contribution in [3.63, 3.8) is 0 Å². The van der Waals surface area contributed by atoms with Crippen LogP contribution in [0.5, 0.6) is 0 Å². The lowest BCUT2D eigenvalue weighted by molar-refractivity contribution is -0.121. The van der Waals surface area contributed by atoms with E-state index in [4.69, 9.17) is 0 Å². The van der Waals surface area contributed by atoms with Gasteiger partial charge >= 0.3 is 0 Å². The average Bonchev–Trinajstić information content (AvgIpc) is 3.01. The average molecular weight is 363 g/mol. The zero-order valence-corrected chi connectivity index (χ0v) is 15.6. The molecule has 1 aliphatic heterocycles. The van der Waals surface area contributed by atoms with Crippen molar-refractivity contribution in [1.82, 2.24) is 14.6 Å². The predicted molar refractivity (Wildman–Crippen MR) is 103 cm³/mol. The Morgan fingerprint density at radius 2 is 2.00 bits per heavy atom. The molecule has 0 unspecified atom stereocenters. The second-order valence-electron chi connectivity index (χ2n) is 6.86. The third kappa shape index (κ3) is 3.05. The molecule has 1 aliphatic rings. The van der Waals surface area contributed by atoms with Gasteiger partial charge in [-0.25, -0.2) is 9.50 Å². The summed E-state index contributed by atoms with van der Waals surface area (Å²) in [5.41, 5.74) is 6.07. The molecule has 1 aromatic carbocycles. The Balaban J connectivity index is 1.58. The van der Waals surface area contributed by atoms with Gasteiger partial charge in [0, 0.05) is 23.9 Å². The smallest absolute Gasteiger partial charge is 0.244 e. The molecule has 2 amide bonds. The van der Waals surface area contributed by atoms with E-state index in [9.17, 15) is 9.59 Å². The molecule has 0 spiro atoms. The zero-order valence-electron chi connectivity index (χ0n) is 15.6. The number of aryl methyl sites for hydroxylation is 3. The number of hydrogen-bond acceptors (Lipinski definition) is 4. The Morgan fingerprint density at radius 1 is 1.22 bits per heavy atom. The van der Waals surface area contributed by atoms with E-state index in [1.54, 1.807) is 11.0 Å². The van der Waals surface area contributed by atoms with E-state index in [1.807, 2.05) is 49.6 Å². The van der Waals surface area contributed by atoms with Crippen LogP contribution in [0, 0.1) is 20.8 Å². The molecule has 3 heterocycles. The molecule has 0 radical (unpaired) electrons. The molecular formula is C20H21N5O2. The first-order valence-corrected chi connectivity index (χ1v) is 8.96. The highest BCUT2D eigenvalue weighted by Gasteiger charge is 2.26. The molecule has 4 rings (SSSR count). The third-order valence-corrected chi connectivity index (χ3v) is 4.95. The predicted octanol–water partition coefficient (Wildman–Crippen LogP) is 2.57. The topological polar surface area (TPSA) is 79.6 Å². The van der Waals surface area contributed by atoms with Gasteiger partial charge in [0.05, 0.1) is 17.1 Å². The number of para-hydroxylation sites is 2. The first kappa shape index (κ1) is 17.2. The van der Waals surface area contributed by atoms with Crippen molar-refractivity contribution in [2.24, 2.45) is 0 Å². The highest BCUT2D eigenvalue weighted by atomic mass is 16.2. The van der Waals surface area contributed by atoms with E-state index in [0.717, 1.165) is 34.0 Å². The Morgan fingerprint density at radius 3 is 2.81 bits per heavy atom. The van der Waals surface area contributed by atoms with Crippen LogP contribution in [0.25, 0.3) is 5.65 Å². The van der Waals surface area contributed by atoms with Gasteiger partial charge in [-0.2, -0.15) is 5.10 Å². The Labute approximate surface area is 157 Å². The molecule has 138 valence electrons. The van der Waals surface area contributed by atoms with Crippen molar-refractivity contribution in [1.29, 1.82) is 0 Å². The highest BCUT2D eigenvalue weighted by Crippen LogP contribution is 2.29. The van der Waals surface area contributed by atoms with E-state index < -0.39 is 0 Å². The molecule has 7 nitrogen and oxygen atoms in total. The summed E-state index contributed by atoms with van der Waals surface area (Å²) in [5, 5.41) is 7.28. The summed E-state index contributed by atoms with van der Waals surface area (Å²) in [5.74, 6) is -0.252. The SMILES string of the molecule is Cc1cc2nc(C)c(CCC(=O)N3CC(=O)Nc4ccccc43)c(C)n2n1. The van der Waals surface area contributed by atoms with Crippen molar-refractivity contribution in [2.45, 2.75) is 33.6 Å². The van der Waals surface area contributed by atoms with Crippen LogP contribution in [0.2, 0.25) is 0 Å². The number of fused-ring (bicyclic) bond motifs is 2. The molecule has 0 saturated carbocycles. The fraction of sp³-hybridized carbons (Fsp3) is 0.300. The maximum absolute atomic E-state index is 12.9. The van der Waals surface area contributed by atoms with Crippen molar-refractivity contribution < 1.29 is 9.59 Å². The van der Waals surface area contributed by atoms with Crippen LogP contribution in [-0.2, 0) is 16.0 Å². The summed E-state index contributed by atoms with van der Waals surface area (Å²) in [4.78, 5) is 31.0. The Kier molecular flexibility index (Phi) is 4.14. The van der Waals surface area contributed by atoms with Gasteiger partial charge in [0.25, 0.3) is 0 Å². The van der Waals surface area contributed by atoms with E-state index in [-0.39, 0.29) is 18.4 Å². The summed E-state index contributed by atoms with van der Waals surface area (Å²) >= 11 is 0. The van der Waals surface area contributed by atoms with Crippen LogP contribution >= 0.6 is 0 Å². The van der Waals surface area contributed by atoms with E-state index in [1.165, 1.54) is 0 Å². The fourth-order valence-corrected chi connectivity index (χ4v) is 3.63. The number of amides is 2. The number of carbonyl (C=O) groups is 2. The van der Waals surface area contributed by atoms with Crippen molar-refractivity contribution in [2.75, 3.05) is 16.8 Å². The fourth-order valence-electron chi connectivity index (χ4n) is 3.63. The molecule has 0 bridgehead atoms. The number of rotatable bonds is 3. The van der Waals surface area contributed by atoms with Crippen molar-refractivity contribution >= 4 is 28.8 Å². The first-order valence-electron chi connectivity index (χ1n) is 8.96. The quantitative estimate of drug-likeness (QED) is 0.776. The van der Waals surface area contributed by atoms with Crippen LogP contribution in [0.15, 0.2) is 30.3 Å². The molecule has 0 aliphatic carbocycles. The molecule has 3 aromatic rings. The lowest BCUT2D eigenvalue weighted by Gasteiger charge is -2.29. The maximum Gasteiger partial charge on any atom is 0.244 e. The number of benzene rings is 1. The van der Waals surface area contributed by atoms with Gasteiger partial charge in [0.1, 0.15) is 6.54 Å². The van der Waals surface area contributed by atoms with Gasteiger partial charge < -0.3 is 10.2 Å². The van der Waals surface area contributed by atoms with Crippen LogP contribution in [0.1, 0.15) is 29.1 Å². The van der Waals surface area contributed by atoms with Crippen molar-refractivity contribution in [3.8, 4) is 0 Å². The van der Waals surface area contributed by atoms with E-state index in [0.29, 0.717) is 18.5 Å². The molecule has 0 saturated heterocycles. The number of hydrogen-bond donors (Lipinski definition) is 1. The normalized spacial score (nSPS) is 13.6. The molecule has 0 atom stereocenters. The highest BCUT2D eigenvalue weighted by molar-refractivity contribution is 6.09. The van der Waals surface area contributed by atoms with Gasteiger partial charge in [0.2, 0.25) is 11.8 Å². The van der Waals surface area contributed by atoms with Crippen LogP contribution < -0.4 is 10.2 Å². The number of carbonyl (C=O) groups excluding carboxylic acids is 2. The molecule has 0 fully saturated rings. The van der Waals surface area contributed by atoms with Gasteiger partial charge in [-0.05, 0) is 44.9 Å². The molecule has 2 aromatic heterocycles. The minimum atomic E-state index is -0.176. The van der Waals surface area contributed by atoms with Gasteiger partial charge in [-0.1, -0.05) is 12.1 Å². The Hall–Kier alpha value is -3.22.